The number of carbonyl (C=O) groups is 2. The molecule has 0 unspecified atom stereocenters. The van der Waals surface area contributed by atoms with Gasteiger partial charge in [0.1, 0.15) is 0 Å². The van der Waals surface area contributed by atoms with E-state index in [0.29, 0.717) is 5.56 Å². The number of carbonyl (C=O) groups excluding carboxylic acids is 2. The summed E-state index contributed by atoms with van der Waals surface area (Å²) in [6.07, 6.45) is 6.10. The van der Waals surface area contributed by atoms with Crippen LogP contribution in [0.4, 0.5) is 0 Å². The van der Waals surface area contributed by atoms with Gasteiger partial charge < -0.3 is 10.1 Å². The lowest BCUT2D eigenvalue weighted by Gasteiger charge is -2.05. The van der Waals surface area contributed by atoms with Crippen LogP contribution in [0.1, 0.15) is 15.9 Å². The van der Waals surface area contributed by atoms with Crippen LogP contribution in [0.2, 0.25) is 0 Å². The van der Waals surface area contributed by atoms with Crippen LogP contribution < -0.4 is 5.32 Å². The Bertz CT molecular complexity index is 656. The summed E-state index contributed by atoms with van der Waals surface area (Å²) in [5, 5.41) is 2.36. The molecule has 0 aromatic heterocycles. The lowest BCUT2D eigenvalue weighted by Crippen LogP contribution is -2.28. The molecule has 0 spiro atoms. The zero-order chi connectivity index (χ0) is 15.9. The van der Waals surface area contributed by atoms with E-state index in [-0.39, 0.29) is 17.9 Å². The SMILES string of the molecule is C#CCNC(=O)COC(=O)c1ccc(CS(C)(=O)=O)cc1. The van der Waals surface area contributed by atoms with E-state index in [9.17, 15) is 18.0 Å². The largest absolute Gasteiger partial charge is 0.452 e. The van der Waals surface area contributed by atoms with Gasteiger partial charge in [-0.2, -0.15) is 0 Å². The number of ether oxygens (including phenoxy) is 1. The molecule has 1 amide bonds. The van der Waals surface area contributed by atoms with Gasteiger partial charge in [-0.25, -0.2) is 13.2 Å². The number of nitrogens with one attached hydrogen (secondary N) is 1. The molecule has 0 heterocycles. The summed E-state index contributed by atoms with van der Waals surface area (Å²) in [5.74, 6) is 0.960. The Morgan fingerprint density at radius 1 is 1.29 bits per heavy atom. The second-order valence-corrected chi connectivity index (χ2v) is 6.46. The van der Waals surface area contributed by atoms with E-state index in [1.165, 1.54) is 24.3 Å². The Hall–Kier alpha value is -2.33. The van der Waals surface area contributed by atoms with Crippen LogP contribution in [0.15, 0.2) is 24.3 Å². The third-order valence-electron chi connectivity index (χ3n) is 2.34. The molecule has 0 aliphatic heterocycles. The number of benzene rings is 1. The monoisotopic (exact) mass is 309 g/mol. The van der Waals surface area contributed by atoms with Crippen molar-refractivity contribution in [2.45, 2.75) is 5.75 Å². The fraction of sp³-hybridized carbons (Fsp3) is 0.286. The molecule has 1 aromatic rings. The first-order chi connectivity index (χ1) is 9.81. The number of esters is 1. The Morgan fingerprint density at radius 2 is 1.90 bits per heavy atom. The quantitative estimate of drug-likeness (QED) is 0.596. The lowest BCUT2D eigenvalue weighted by molar-refractivity contribution is -0.123. The molecule has 112 valence electrons. The molecular formula is C14H15NO5S. The molecule has 21 heavy (non-hydrogen) atoms. The summed E-state index contributed by atoms with van der Waals surface area (Å²) < 4.78 is 27.1. The third-order valence-corrected chi connectivity index (χ3v) is 3.20. The van der Waals surface area contributed by atoms with Gasteiger partial charge in [-0.05, 0) is 17.7 Å². The van der Waals surface area contributed by atoms with E-state index in [1.807, 2.05) is 0 Å². The van der Waals surface area contributed by atoms with Crippen LogP contribution in [-0.2, 0) is 25.1 Å². The van der Waals surface area contributed by atoms with E-state index in [0.717, 1.165) is 6.26 Å². The Labute approximate surface area is 123 Å². The summed E-state index contributed by atoms with van der Waals surface area (Å²) in [7, 11) is -3.13. The minimum absolute atomic E-state index is 0.0660. The third kappa shape index (κ3) is 6.58. The first kappa shape index (κ1) is 16.7. The van der Waals surface area contributed by atoms with Gasteiger partial charge in [0.2, 0.25) is 0 Å². The molecule has 0 aliphatic rings. The molecule has 0 aliphatic carbocycles. The zero-order valence-electron chi connectivity index (χ0n) is 11.5. The van der Waals surface area contributed by atoms with Gasteiger partial charge in [0.05, 0.1) is 17.9 Å². The molecule has 1 aromatic carbocycles. The van der Waals surface area contributed by atoms with Crippen LogP contribution >= 0.6 is 0 Å². The fourth-order valence-electron chi connectivity index (χ4n) is 1.45. The van der Waals surface area contributed by atoms with Crippen LogP contribution in [0, 0.1) is 12.3 Å². The normalized spacial score (nSPS) is 10.5. The predicted molar refractivity (Wildman–Crippen MR) is 77.1 cm³/mol. The predicted octanol–water partition coefficient (Wildman–Crippen LogP) is 0.137. The molecule has 0 radical (unpaired) electrons. The number of amides is 1. The Balaban J connectivity index is 2.56. The molecule has 1 N–H and O–H groups in total. The van der Waals surface area contributed by atoms with Crippen LogP contribution in [0.25, 0.3) is 0 Å². The maximum absolute atomic E-state index is 11.7. The van der Waals surface area contributed by atoms with E-state index in [4.69, 9.17) is 11.2 Å². The second kappa shape index (κ2) is 7.45. The van der Waals surface area contributed by atoms with Gasteiger partial charge in [0.25, 0.3) is 5.91 Å². The molecule has 0 fully saturated rings. The first-order valence-electron chi connectivity index (χ1n) is 5.96. The van der Waals surface area contributed by atoms with E-state index < -0.39 is 28.3 Å². The highest BCUT2D eigenvalue weighted by molar-refractivity contribution is 7.89. The van der Waals surface area contributed by atoms with Crippen LogP contribution in [-0.4, -0.2) is 39.7 Å². The average Bonchev–Trinajstić information content (AvgIpc) is 2.41. The molecule has 6 nitrogen and oxygen atoms in total. The van der Waals surface area contributed by atoms with Gasteiger partial charge in [-0.1, -0.05) is 18.1 Å². The molecule has 1 rings (SSSR count). The molecule has 0 saturated heterocycles. The first-order valence-corrected chi connectivity index (χ1v) is 8.02. The number of rotatable bonds is 6. The van der Waals surface area contributed by atoms with Crippen molar-refractivity contribution in [1.29, 1.82) is 0 Å². The van der Waals surface area contributed by atoms with E-state index in [1.54, 1.807) is 0 Å². The van der Waals surface area contributed by atoms with Crippen molar-refractivity contribution in [1.82, 2.24) is 5.32 Å². The molecule has 7 heteroatoms. The number of hydrogen-bond donors (Lipinski definition) is 1. The van der Waals surface area contributed by atoms with E-state index >= 15 is 0 Å². The summed E-state index contributed by atoms with van der Waals surface area (Å²) in [4.78, 5) is 22.9. The minimum Gasteiger partial charge on any atom is -0.452 e. The van der Waals surface area contributed by atoms with Gasteiger partial charge in [-0.15, -0.1) is 6.42 Å². The Kier molecular flexibility index (Phi) is 5.93. The highest BCUT2D eigenvalue weighted by Gasteiger charge is 2.11. The van der Waals surface area contributed by atoms with Gasteiger partial charge >= 0.3 is 5.97 Å². The van der Waals surface area contributed by atoms with Crippen molar-refractivity contribution in [3.05, 3.63) is 35.4 Å². The van der Waals surface area contributed by atoms with Gasteiger partial charge in [-0.3, -0.25) is 4.79 Å². The second-order valence-electron chi connectivity index (χ2n) is 4.32. The lowest BCUT2D eigenvalue weighted by atomic mass is 10.1. The number of hydrogen-bond acceptors (Lipinski definition) is 5. The fourth-order valence-corrected chi connectivity index (χ4v) is 2.25. The smallest absolute Gasteiger partial charge is 0.338 e. The Morgan fingerprint density at radius 3 is 2.43 bits per heavy atom. The van der Waals surface area contributed by atoms with Crippen molar-refractivity contribution < 1.29 is 22.7 Å². The molecule has 0 atom stereocenters. The van der Waals surface area contributed by atoms with E-state index in [2.05, 4.69) is 11.2 Å². The van der Waals surface area contributed by atoms with Gasteiger partial charge in [0.15, 0.2) is 16.4 Å². The van der Waals surface area contributed by atoms with Gasteiger partial charge in [0, 0.05) is 6.26 Å². The molecule has 0 bridgehead atoms. The zero-order valence-corrected chi connectivity index (χ0v) is 12.3. The van der Waals surface area contributed by atoms with Crippen molar-refractivity contribution in [3.8, 4) is 12.3 Å². The van der Waals surface area contributed by atoms with Crippen molar-refractivity contribution in [2.24, 2.45) is 0 Å². The van der Waals surface area contributed by atoms with Crippen molar-refractivity contribution in [3.63, 3.8) is 0 Å². The summed E-state index contributed by atoms with van der Waals surface area (Å²) >= 11 is 0. The molecular weight excluding hydrogens is 294 g/mol. The number of terminal acetylenes is 1. The topological polar surface area (TPSA) is 89.5 Å². The summed E-state index contributed by atoms with van der Waals surface area (Å²) in [6, 6.07) is 5.94. The highest BCUT2D eigenvalue weighted by atomic mass is 32.2. The standard InChI is InChI=1S/C14H15NO5S/c1-3-8-15-13(16)9-20-14(17)12-6-4-11(5-7-12)10-21(2,18)19/h1,4-7H,8-10H2,2H3,(H,15,16). The molecule has 0 saturated carbocycles. The summed E-state index contributed by atoms with van der Waals surface area (Å²) in [6.45, 7) is -0.359. The van der Waals surface area contributed by atoms with Crippen molar-refractivity contribution in [2.75, 3.05) is 19.4 Å². The van der Waals surface area contributed by atoms with Crippen LogP contribution in [0.3, 0.4) is 0 Å². The minimum atomic E-state index is -3.13. The van der Waals surface area contributed by atoms with Crippen LogP contribution in [0.5, 0.6) is 0 Å². The maximum atomic E-state index is 11.7. The van der Waals surface area contributed by atoms with Crippen molar-refractivity contribution >= 4 is 21.7 Å². The number of sulfone groups is 1. The summed E-state index contributed by atoms with van der Waals surface area (Å²) in [5.41, 5.74) is 0.804. The maximum Gasteiger partial charge on any atom is 0.338 e. The highest BCUT2D eigenvalue weighted by Crippen LogP contribution is 2.09. The average molecular weight is 309 g/mol.